The van der Waals surface area contributed by atoms with Crippen LogP contribution in [0.15, 0.2) is 18.2 Å². The molecule has 0 unspecified atom stereocenters. The van der Waals surface area contributed by atoms with Gasteiger partial charge in [0.1, 0.15) is 0 Å². The summed E-state index contributed by atoms with van der Waals surface area (Å²) in [5.74, 6) is 0.0389. The average Bonchev–Trinajstić information content (AvgIpc) is 2.27. The third kappa shape index (κ3) is 2.64. The number of nitrogens with zero attached hydrogens (tertiary/aromatic N) is 1. The zero-order chi connectivity index (χ0) is 13.3. The molecule has 1 aliphatic heterocycles. The number of carbonyl (C=O) groups excluding carboxylic acids is 1. The molecular formula is C14H20N2O2. The van der Waals surface area contributed by atoms with E-state index in [0.29, 0.717) is 11.3 Å². The summed E-state index contributed by atoms with van der Waals surface area (Å²) in [7, 11) is 0. The van der Waals surface area contributed by atoms with E-state index in [9.17, 15) is 4.79 Å². The second-order valence-electron chi connectivity index (χ2n) is 4.99. The Morgan fingerprint density at radius 1 is 1.33 bits per heavy atom. The average molecular weight is 248 g/mol. The Bertz CT molecular complexity index is 449. The maximum atomic E-state index is 11.3. The number of carbonyl (C=O) groups is 1. The summed E-state index contributed by atoms with van der Waals surface area (Å²) >= 11 is 0. The van der Waals surface area contributed by atoms with Gasteiger partial charge in [0.15, 0.2) is 5.78 Å². The van der Waals surface area contributed by atoms with E-state index in [1.165, 1.54) is 0 Å². The second-order valence-corrected chi connectivity index (χ2v) is 4.99. The predicted octanol–water partition coefficient (Wildman–Crippen LogP) is 2.08. The smallest absolute Gasteiger partial charge is 0.159 e. The molecule has 0 aliphatic carbocycles. The lowest BCUT2D eigenvalue weighted by atomic mass is 10.1. The predicted molar refractivity (Wildman–Crippen MR) is 73.1 cm³/mol. The molecule has 0 saturated carbocycles. The lowest BCUT2D eigenvalue weighted by Gasteiger charge is -2.37. The van der Waals surface area contributed by atoms with Crippen LogP contribution in [0.2, 0.25) is 0 Å². The van der Waals surface area contributed by atoms with Crippen LogP contribution < -0.4 is 10.6 Å². The van der Waals surface area contributed by atoms with E-state index >= 15 is 0 Å². The van der Waals surface area contributed by atoms with E-state index in [2.05, 4.69) is 18.7 Å². The molecule has 2 N–H and O–H groups in total. The summed E-state index contributed by atoms with van der Waals surface area (Å²) in [5, 5.41) is 0. The summed E-state index contributed by atoms with van der Waals surface area (Å²) in [6, 6.07) is 5.51. The highest BCUT2D eigenvalue weighted by atomic mass is 16.5. The molecule has 1 aliphatic rings. The third-order valence-electron chi connectivity index (χ3n) is 3.19. The second kappa shape index (κ2) is 4.98. The van der Waals surface area contributed by atoms with Gasteiger partial charge in [0.05, 0.1) is 23.6 Å². The number of hydrogen-bond donors (Lipinski definition) is 1. The molecule has 2 atom stereocenters. The molecule has 18 heavy (non-hydrogen) atoms. The highest BCUT2D eigenvalue weighted by molar-refractivity contribution is 5.96. The van der Waals surface area contributed by atoms with E-state index in [4.69, 9.17) is 10.5 Å². The zero-order valence-electron chi connectivity index (χ0n) is 11.1. The van der Waals surface area contributed by atoms with E-state index in [1.54, 1.807) is 13.0 Å². The van der Waals surface area contributed by atoms with E-state index in [1.807, 2.05) is 12.1 Å². The standard InChI is InChI=1S/C14H20N2O2/c1-9-7-16(8-10(2)18-9)14-5-4-12(11(3)17)6-13(14)15/h4-6,9-10H,7-8,15H2,1-3H3/t9-,10+. The number of ether oxygens (including phenoxy) is 1. The van der Waals surface area contributed by atoms with Gasteiger partial charge in [-0.25, -0.2) is 0 Å². The van der Waals surface area contributed by atoms with Crippen molar-refractivity contribution in [1.29, 1.82) is 0 Å². The SMILES string of the molecule is CC(=O)c1ccc(N2C[C@@H](C)O[C@@H](C)C2)c(N)c1. The van der Waals surface area contributed by atoms with Crippen LogP contribution >= 0.6 is 0 Å². The molecule has 4 nitrogen and oxygen atoms in total. The minimum absolute atomic E-state index is 0.0389. The van der Waals surface area contributed by atoms with Crippen molar-refractivity contribution in [3.8, 4) is 0 Å². The Hall–Kier alpha value is -1.55. The van der Waals surface area contributed by atoms with Crippen molar-refractivity contribution in [1.82, 2.24) is 0 Å². The van der Waals surface area contributed by atoms with Crippen LogP contribution in [0.25, 0.3) is 0 Å². The van der Waals surface area contributed by atoms with Crippen LogP contribution in [-0.2, 0) is 4.74 Å². The summed E-state index contributed by atoms with van der Waals surface area (Å²) in [4.78, 5) is 13.5. The van der Waals surface area contributed by atoms with Crippen LogP contribution in [0.4, 0.5) is 11.4 Å². The molecule has 0 amide bonds. The van der Waals surface area contributed by atoms with Crippen LogP contribution in [0.5, 0.6) is 0 Å². The molecule has 1 saturated heterocycles. The van der Waals surface area contributed by atoms with Gasteiger partial charge in [-0.1, -0.05) is 0 Å². The molecule has 0 radical (unpaired) electrons. The Morgan fingerprint density at radius 3 is 2.44 bits per heavy atom. The summed E-state index contributed by atoms with van der Waals surface area (Å²) in [6.45, 7) is 7.32. The molecule has 98 valence electrons. The van der Waals surface area contributed by atoms with Crippen LogP contribution in [-0.4, -0.2) is 31.1 Å². The normalized spacial score (nSPS) is 24.1. The van der Waals surface area contributed by atoms with E-state index < -0.39 is 0 Å². The Kier molecular flexibility index (Phi) is 3.57. The molecular weight excluding hydrogens is 228 g/mol. The number of anilines is 2. The fourth-order valence-electron chi connectivity index (χ4n) is 2.44. The maximum absolute atomic E-state index is 11.3. The van der Waals surface area contributed by atoms with E-state index in [-0.39, 0.29) is 18.0 Å². The van der Waals surface area contributed by atoms with Crippen LogP contribution in [0.1, 0.15) is 31.1 Å². The van der Waals surface area contributed by atoms with Crippen molar-refractivity contribution in [3.05, 3.63) is 23.8 Å². The minimum Gasteiger partial charge on any atom is -0.397 e. The van der Waals surface area contributed by atoms with Gasteiger partial charge in [0.25, 0.3) is 0 Å². The zero-order valence-corrected chi connectivity index (χ0v) is 11.1. The Labute approximate surface area is 108 Å². The number of hydrogen-bond acceptors (Lipinski definition) is 4. The number of Topliss-reactive ketones (excluding diaryl/α,β-unsaturated/α-hetero) is 1. The molecule has 4 heteroatoms. The monoisotopic (exact) mass is 248 g/mol. The minimum atomic E-state index is 0.0389. The molecule has 1 aromatic carbocycles. The molecule has 0 aromatic heterocycles. The maximum Gasteiger partial charge on any atom is 0.159 e. The van der Waals surface area contributed by atoms with Gasteiger partial charge in [-0.2, -0.15) is 0 Å². The number of ketones is 1. The fraction of sp³-hybridized carbons (Fsp3) is 0.500. The first kappa shape index (κ1) is 12.9. The van der Waals surface area contributed by atoms with Crippen molar-refractivity contribution in [3.63, 3.8) is 0 Å². The first-order chi connectivity index (χ1) is 8.47. The van der Waals surface area contributed by atoms with Crippen molar-refractivity contribution in [2.45, 2.75) is 33.0 Å². The third-order valence-corrected chi connectivity index (χ3v) is 3.19. The summed E-state index contributed by atoms with van der Waals surface area (Å²) in [6.07, 6.45) is 0.390. The molecule has 2 rings (SSSR count). The Morgan fingerprint density at radius 2 is 1.94 bits per heavy atom. The van der Waals surface area contributed by atoms with Crippen molar-refractivity contribution >= 4 is 17.2 Å². The lowest BCUT2D eigenvalue weighted by molar-refractivity contribution is -0.00517. The van der Waals surface area contributed by atoms with Crippen molar-refractivity contribution in [2.75, 3.05) is 23.7 Å². The van der Waals surface area contributed by atoms with Crippen molar-refractivity contribution < 1.29 is 9.53 Å². The quantitative estimate of drug-likeness (QED) is 0.643. The van der Waals surface area contributed by atoms with Gasteiger partial charge in [0.2, 0.25) is 0 Å². The molecule has 0 bridgehead atoms. The largest absolute Gasteiger partial charge is 0.397 e. The summed E-state index contributed by atoms with van der Waals surface area (Å²) in [5.41, 5.74) is 8.35. The lowest BCUT2D eigenvalue weighted by Crippen LogP contribution is -2.45. The molecule has 1 aromatic rings. The van der Waals surface area contributed by atoms with Gasteiger partial charge in [-0.15, -0.1) is 0 Å². The number of morpholine rings is 1. The molecule has 1 heterocycles. The van der Waals surface area contributed by atoms with Gasteiger partial charge in [-0.05, 0) is 39.0 Å². The fourth-order valence-corrected chi connectivity index (χ4v) is 2.44. The van der Waals surface area contributed by atoms with Gasteiger partial charge in [0, 0.05) is 18.7 Å². The topological polar surface area (TPSA) is 55.6 Å². The van der Waals surface area contributed by atoms with Gasteiger partial charge < -0.3 is 15.4 Å². The number of nitrogen functional groups attached to an aromatic ring is 1. The van der Waals surface area contributed by atoms with E-state index in [0.717, 1.165) is 18.8 Å². The Balaban J connectivity index is 2.25. The number of rotatable bonds is 2. The number of benzene rings is 1. The van der Waals surface area contributed by atoms with Crippen LogP contribution in [0.3, 0.4) is 0 Å². The first-order valence-electron chi connectivity index (χ1n) is 6.28. The molecule has 0 spiro atoms. The first-order valence-corrected chi connectivity index (χ1v) is 6.28. The highest BCUT2D eigenvalue weighted by Gasteiger charge is 2.23. The van der Waals surface area contributed by atoms with Crippen LogP contribution in [0, 0.1) is 0 Å². The van der Waals surface area contributed by atoms with Crippen molar-refractivity contribution in [2.24, 2.45) is 0 Å². The summed E-state index contributed by atoms with van der Waals surface area (Å²) < 4.78 is 5.70. The molecule has 1 fully saturated rings. The van der Waals surface area contributed by atoms with Gasteiger partial charge >= 0.3 is 0 Å². The number of nitrogens with two attached hydrogens (primary N) is 1. The van der Waals surface area contributed by atoms with Gasteiger partial charge in [-0.3, -0.25) is 4.79 Å². The highest BCUT2D eigenvalue weighted by Crippen LogP contribution is 2.27.